The topological polar surface area (TPSA) is 28.2 Å². The monoisotopic (exact) mass is 247 g/mol. The molecular weight excluding hydrogens is 222 g/mol. The largest absolute Gasteiger partial charge is 0.358 e. The van der Waals surface area contributed by atoms with E-state index in [1.165, 1.54) is 24.1 Å². The van der Waals surface area contributed by atoms with E-state index in [1.807, 2.05) is 0 Å². The number of aryl methyl sites for hydroxylation is 2. The van der Waals surface area contributed by atoms with Gasteiger partial charge in [0.25, 0.3) is 0 Å². The van der Waals surface area contributed by atoms with Gasteiger partial charge in [0.2, 0.25) is 0 Å². The van der Waals surface area contributed by atoms with Gasteiger partial charge in [-0.25, -0.2) is 4.98 Å². The second-order valence-corrected chi connectivity index (χ2v) is 5.65. The number of nitrogens with zero attached hydrogens (tertiary/aromatic N) is 2. The lowest BCUT2D eigenvalue weighted by molar-refractivity contribution is 0.554. The molecule has 0 saturated carbocycles. The van der Waals surface area contributed by atoms with Gasteiger partial charge in [0, 0.05) is 25.8 Å². The summed E-state index contributed by atoms with van der Waals surface area (Å²) in [5.41, 5.74) is 2.76. The van der Waals surface area contributed by atoms with E-state index in [-0.39, 0.29) is 0 Å². The molecule has 0 amide bonds. The number of nitrogens with one attached hydrogen (secondary N) is 1. The van der Waals surface area contributed by atoms with E-state index in [4.69, 9.17) is 4.98 Å². The number of anilines is 1. The van der Waals surface area contributed by atoms with Crippen LogP contribution in [0.15, 0.2) is 12.1 Å². The number of pyridine rings is 1. The summed E-state index contributed by atoms with van der Waals surface area (Å²) in [5.74, 6) is 1.83. The molecule has 3 nitrogen and oxygen atoms in total. The van der Waals surface area contributed by atoms with Gasteiger partial charge in [0.05, 0.1) is 0 Å². The Labute approximate surface area is 111 Å². The van der Waals surface area contributed by atoms with Crippen LogP contribution in [0.1, 0.15) is 31.5 Å². The smallest absolute Gasteiger partial charge is 0.128 e. The maximum atomic E-state index is 4.77. The summed E-state index contributed by atoms with van der Waals surface area (Å²) in [5, 5.41) is 3.47. The third-order valence-electron chi connectivity index (χ3n) is 3.48. The summed E-state index contributed by atoms with van der Waals surface area (Å²) in [6.07, 6.45) is 3.64. The van der Waals surface area contributed by atoms with Gasteiger partial charge in [-0.2, -0.15) is 0 Å². The van der Waals surface area contributed by atoms with Crippen LogP contribution in [-0.4, -0.2) is 31.7 Å². The van der Waals surface area contributed by atoms with Crippen molar-refractivity contribution in [1.82, 2.24) is 10.3 Å². The molecule has 18 heavy (non-hydrogen) atoms. The molecule has 0 aliphatic heterocycles. The number of aromatic nitrogens is 1. The van der Waals surface area contributed by atoms with Crippen LogP contribution in [0.25, 0.3) is 0 Å². The Morgan fingerprint density at radius 2 is 2.17 bits per heavy atom. The molecule has 100 valence electrons. The lowest BCUT2D eigenvalue weighted by atomic mass is 10.2. The number of fused-ring (bicyclic) bond motifs is 1. The lowest BCUT2D eigenvalue weighted by Gasteiger charge is -2.19. The molecule has 0 unspecified atom stereocenters. The third kappa shape index (κ3) is 3.45. The van der Waals surface area contributed by atoms with Crippen molar-refractivity contribution in [2.75, 3.05) is 31.6 Å². The van der Waals surface area contributed by atoms with Crippen LogP contribution < -0.4 is 10.2 Å². The second-order valence-electron chi connectivity index (χ2n) is 5.65. The zero-order chi connectivity index (χ0) is 13.0. The van der Waals surface area contributed by atoms with Gasteiger partial charge in [-0.1, -0.05) is 19.9 Å². The average Bonchev–Trinajstić information content (AvgIpc) is 2.81. The van der Waals surface area contributed by atoms with Gasteiger partial charge >= 0.3 is 0 Å². The molecule has 0 fully saturated rings. The summed E-state index contributed by atoms with van der Waals surface area (Å²) in [7, 11) is 2.13. The van der Waals surface area contributed by atoms with Crippen molar-refractivity contribution in [2.45, 2.75) is 33.1 Å². The quantitative estimate of drug-likeness (QED) is 0.782. The van der Waals surface area contributed by atoms with Crippen molar-refractivity contribution in [1.29, 1.82) is 0 Å². The standard InChI is InChI=1S/C15H25N3/c1-12(2)11-16-9-10-18(3)15-8-7-13-5-4-6-14(13)17-15/h7-8,12,16H,4-6,9-11H2,1-3H3. The van der Waals surface area contributed by atoms with E-state index in [9.17, 15) is 0 Å². The fourth-order valence-electron chi connectivity index (χ4n) is 2.37. The maximum absolute atomic E-state index is 4.77. The molecule has 0 saturated heterocycles. The molecule has 1 aliphatic rings. The first-order valence-electron chi connectivity index (χ1n) is 7.07. The van der Waals surface area contributed by atoms with E-state index in [2.05, 4.69) is 43.2 Å². The second kappa shape index (κ2) is 6.19. The van der Waals surface area contributed by atoms with Gasteiger partial charge in [-0.15, -0.1) is 0 Å². The Kier molecular flexibility index (Phi) is 4.59. The molecule has 0 bridgehead atoms. The summed E-state index contributed by atoms with van der Waals surface area (Å²) in [6.45, 7) is 7.59. The van der Waals surface area contributed by atoms with Crippen LogP contribution in [0.3, 0.4) is 0 Å². The Morgan fingerprint density at radius 1 is 1.33 bits per heavy atom. The minimum Gasteiger partial charge on any atom is -0.358 e. The Balaban J connectivity index is 1.83. The van der Waals surface area contributed by atoms with Gasteiger partial charge in [0.1, 0.15) is 5.82 Å². The van der Waals surface area contributed by atoms with Gasteiger partial charge < -0.3 is 10.2 Å². The number of rotatable bonds is 6. The van der Waals surface area contributed by atoms with Crippen molar-refractivity contribution >= 4 is 5.82 Å². The van der Waals surface area contributed by atoms with Crippen LogP contribution in [0, 0.1) is 5.92 Å². The van der Waals surface area contributed by atoms with Gasteiger partial charge in [-0.05, 0) is 43.4 Å². The molecule has 1 aromatic rings. The Morgan fingerprint density at radius 3 is 2.94 bits per heavy atom. The van der Waals surface area contributed by atoms with Crippen LogP contribution in [-0.2, 0) is 12.8 Å². The molecule has 1 aromatic heterocycles. The lowest BCUT2D eigenvalue weighted by Crippen LogP contribution is -2.31. The highest BCUT2D eigenvalue weighted by Crippen LogP contribution is 2.22. The Bertz CT molecular complexity index is 387. The third-order valence-corrected chi connectivity index (χ3v) is 3.48. The SMILES string of the molecule is CC(C)CNCCN(C)c1ccc2c(n1)CCC2. The first-order valence-corrected chi connectivity index (χ1v) is 7.07. The minimum atomic E-state index is 0.716. The number of hydrogen-bond donors (Lipinski definition) is 1. The highest BCUT2D eigenvalue weighted by Gasteiger charge is 2.13. The van der Waals surface area contributed by atoms with E-state index in [0.29, 0.717) is 5.92 Å². The van der Waals surface area contributed by atoms with E-state index < -0.39 is 0 Å². The van der Waals surface area contributed by atoms with Crippen molar-refractivity contribution in [2.24, 2.45) is 5.92 Å². The number of likely N-dealkylation sites (N-methyl/N-ethyl adjacent to an activating group) is 1. The molecule has 1 aliphatic carbocycles. The van der Waals surface area contributed by atoms with Gasteiger partial charge in [0.15, 0.2) is 0 Å². The highest BCUT2D eigenvalue weighted by molar-refractivity contribution is 5.42. The predicted molar refractivity (Wildman–Crippen MR) is 77.2 cm³/mol. The molecule has 2 rings (SSSR count). The molecule has 1 heterocycles. The molecule has 0 radical (unpaired) electrons. The van der Waals surface area contributed by atoms with Crippen LogP contribution in [0.4, 0.5) is 5.82 Å². The van der Waals surface area contributed by atoms with Crippen LogP contribution >= 0.6 is 0 Å². The molecule has 3 heteroatoms. The van der Waals surface area contributed by atoms with Crippen LogP contribution in [0.2, 0.25) is 0 Å². The van der Waals surface area contributed by atoms with Crippen molar-refractivity contribution in [3.8, 4) is 0 Å². The molecule has 0 atom stereocenters. The van der Waals surface area contributed by atoms with Crippen molar-refractivity contribution < 1.29 is 0 Å². The number of hydrogen-bond acceptors (Lipinski definition) is 3. The fraction of sp³-hybridized carbons (Fsp3) is 0.667. The van der Waals surface area contributed by atoms with Crippen LogP contribution in [0.5, 0.6) is 0 Å². The zero-order valence-electron chi connectivity index (χ0n) is 11.9. The summed E-state index contributed by atoms with van der Waals surface area (Å²) >= 11 is 0. The first kappa shape index (κ1) is 13.3. The summed E-state index contributed by atoms with van der Waals surface area (Å²) in [6, 6.07) is 4.41. The Hall–Kier alpha value is -1.09. The van der Waals surface area contributed by atoms with Crippen molar-refractivity contribution in [3.05, 3.63) is 23.4 Å². The highest BCUT2D eigenvalue weighted by atomic mass is 15.2. The summed E-state index contributed by atoms with van der Waals surface area (Å²) in [4.78, 5) is 7.01. The van der Waals surface area contributed by atoms with Crippen molar-refractivity contribution in [3.63, 3.8) is 0 Å². The fourth-order valence-corrected chi connectivity index (χ4v) is 2.37. The van der Waals surface area contributed by atoms with Gasteiger partial charge in [-0.3, -0.25) is 0 Å². The van der Waals surface area contributed by atoms with E-state index in [1.54, 1.807) is 0 Å². The molecule has 1 N–H and O–H groups in total. The molecule has 0 spiro atoms. The summed E-state index contributed by atoms with van der Waals surface area (Å²) < 4.78 is 0. The predicted octanol–water partition coefficient (Wildman–Crippen LogP) is 2.25. The molecular formula is C15H25N3. The molecule has 0 aromatic carbocycles. The first-order chi connectivity index (χ1) is 8.66. The van der Waals surface area contributed by atoms with E-state index in [0.717, 1.165) is 31.9 Å². The maximum Gasteiger partial charge on any atom is 0.128 e. The zero-order valence-corrected chi connectivity index (χ0v) is 11.9. The normalized spacial score (nSPS) is 14.0. The average molecular weight is 247 g/mol. The minimum absolute atomic E-state index is 0.716. The van der Waals surface area contributed by atoms with E-state index >= 15 is 0 Å².